The molecule has 0 bridgehead atoms. The molecule has 5 heteroatoms. The molecule has 0 spiro atoms. The Hall–Kier alpha value is -2.43. The molecule has 0 saturated heterocycles. The number of benzene rings is 1. The Balaban J connectivity index is 2.15. The first kappa shape index (κ1) is 14.0. The van der Waals surface area contributed by atoms with Crippen LogP contribution in [0.15, 0.2) is 36.7 Å². The summed E-state index contributed by atoms with van der Waals surface area (Å²) in [5.74, 6) is 0.820. The van der Waals surface area contributed by atoms with Gasteiger partial charge >= 0.3 is 5.97 Å². The van der Waals surface area contributed by atoms with E-state index in [1.165, 1.54) is 25.1 Å². The lowest BCUT2D eigenvalue weighted by atomic mass is 10.0. The number of nitrogens with zero attached hydrogens (tertiary/aromatic N) is 2. The van der Waals surface area contributed by atoms with Crippen LogP contribution in [0, 0.1) is 0 Å². The van der Waals surface area contributed by atoms with E-state index in [4.69, 9.17) is 4.74 Å². The quantitative estimate of drug-likeness (QED) is 0.800. The van der Waals surface area contributed by atoms with Crippen LogP contribution in [0.3, 0.4) is 0 Å². The number of carbonyl (C=O) groups excluding carboxylic acids is 1. The monoisotopic (exact) mass is 272 g/mol. The molecule has 2 aromatic rings. The van der Waals surface area contributed by atoms with E-state index in [-0.39, 0.29) is 11.6 Å². The SMILES string of the molecule is COC(=O)c1cncc(Oc2ccc(C(C)C)cc2)n1. The molecule has 0 saturated carbocycles. The van der Waals surface area contributed by atoms with Gasteiger partial charge in [-0.3, -0.25) is 4.98 Å². The summed E-state index contributed by atoms with van der Waals surface area (Å²) in [6.45, 7) is 4.25. The summed E-state index contributed by atoms with van der Waals surface area (Å²) in [6.07, 6.45) is 2.78. The van der Waals surface area contributed by atoms with Crippen LogP contribution < -0.4 is 4.74 Å². The molecular weight excluding hydrogens is 256 g/mol. The van der Waals surface area contributed by atoms with Gasteiger partial charge in [0.15, 0.2) is 5.69 Å². The third kappa shape index (κ3) is 3.32. The number of aromatic nitrogens is 2. The number of methoxy groups -OCH3 is 1. The van der Waals surface area contributed by atoms with Gasteiger partial charge in [-0.1, -0.05) is 26.0 Å². The molecule has 2 rings (SSSR count). The Bertz CT molecular complexity index is 594. The summed E-state index contributed by atoms with van der Waals surface area (Å²) in [5.41, 5.74) is 1.34. The Morgan fingerprint density at radius 1 is 1.15 bits per heavy atom. The lowest BCUT2D eigenvalue weighted by Gasteiger charge is -2.08. The van der Waals surface area contributed by atoms with Crippen molar-refractivity contribution in [3.63, 3.8) is 0 Å². The highest BCUT2D eigenvalue weighted by Gasteiger charge is 2.09. The fourth-order valence-corrected chi connectivity index (χ4v) is 1.64. The van der Waals surface area contributed by atoms with E-state index in [0.29, 0.717) is 11.7 Å². The number of hydrogen-bond acceptors (Lipinski definition) is 5. The van der Waals surface area contributed by atoms with Gasteiger partial charge in [0.05, 0.1) is 19.5 Å². The van der Waals surface area contributed by atoms with E-state index in [2.05, 4.69) is 28.6 Å². The molecule has 1 aromatic carbocycles. The van der Waals surface area contributed by atoms with Gasteiger partial charge in [-0.05, 0) is 23.6 Å². The van der Waals surface area contributed by atoms with Crippen molar-refractivity contribution in [1.82, 2.24) is 9.97 Å². The molecule has 0 N–H and O–H groups in total. The van der Waals surface area contributed by atoms with Gasteiger partial charge in [0.1, 0.15) is 5.75 Å². The van der Waals surface area contributed by atoms with E-state index < -0.39 is 5.97 Å². The topological polar surface area (TPSA) is 61.3 Å². The first-order chi connectivity index (χ1) is 9.60. The summed E-state index contributed by atoms with van der Waals surface area (Å²) < 4.78 is 10.2. The van der Waals surface area contributed by atoms with Gasteiger partial charge in [-0.2, -0.15) is 0 Å². The summed E-state index contributed by atoms with van der Waals surface area (Å²) >= 11 is 0. The van der Waals surface area contributed by atoms with Crippen LogP contribution in [-0.4, -0.2) is 23.0 Å². The largest absolute Gasteiger partial charge is 0.464 e. The number of carbonyl (C=O) groups is 1. The molecule has 20 heavy (non-hydrogen) atoms. The summed E-state index contributed by atoms with van der Waals surface area (Å²) in [6, 6.07) is 7.72. The zero-order valence-electron chi connectivity index (χ0n) is 11.7. The third-order valence-electron chi connectivity index (χ3n) is 2.78. The molecule has 0 radical (unpaired) electrons. The molecule has 0 fully saturated rings. The number of hydrogen-bond donors (Lipinski definition) is 0. The highest BCUT2D eigenvalue weighted by atomic mass is 16.5. The van der Waals surface area contributed by atoms with Crippen molar-refractivity contribution in [1.29, 1.82) is 0 Å². The number of rotatable bonds is 4. The highest BCUT2D eigenvalue weighted by molar-refractivity contribution is 5.86. The van der Waals surface area contributed by atoms with Gasteiger partial charge in [0.25, 0.3) is 0 Å². The van der Waals surface area contributed by atoms with Crippen LogP contribution in [0.4, 0.5) is 0 Å². The minimum Gasteiger partial charge on any atom is -0.464 e. The maximum atomic E-state index is 11.4. The fourth-order valence-electron chi connectivity index (χ4n) is 1.64. The van der Waals surface area contributed by atoms with E-state index in [1.807, 2.05) is 24.3 Å². The minimum atomic E-state index is -0.543. The van der Waals surface area contributed by atoms with Crippen molar-refractivity contribution in [3.05, 3.63) is 47.9 Å². The average Bonchev–Trinajstić information content (AvgIpc) is 2.47. The van der Waals surface area contributed by atoms with Gasteiger partial charge in [0.2, 0.25) is 5.88 Å². The van der Waals surface area contributed by atoms with Crippen LogP contribution >= 0.6 is 0 Å². The van der Waals surface area contributed by atoms with E-state index in [9.17, 15) is 4.79 Å². The molecule has 0 aliphatic carbocycles. The second-order valence-corrected chi connectivity index (χ2v) is 4.56. The number of esters is 1. The summed E-state index contributed by atoms with van der Waals surface area (Å²) in [5, 5.41) is 0. The third-order valence-corrected chi connectivity index (χ3v) is 2.78. The highest BCUT2D eigenvalue weighted by Crippen LogP contribution is 2.22. The van der Waals surface area contributed by atoms with Crippen LogP contribution in [0.25, 0.3) is 0 Å². The molecule has 104 valence electrons. The molecular formula is C15H16N2O3. The normalized spacial score (nSPS) is 10.4. The fraction of sp³-hybridized carbons (Fsp3) is 0.267. The van der Waals surface area contributed by atoms with Gasteiger partial charge in [-0.25, -0.2) is 9.78 Å². The van der Waals surface area contributed by atoms with Crippen molar-refractivity contribution >= 4 is 5.97 Å². The molecule has 0 atom stereocenters. The standard InChI is InChI=1S/C15H16N2O3/c1-10(2)11-4-6-12(7-5-11)20-14-9-16-8-13(17-14)15(18)19-3/h4-10H,1-3H3. The van der Waals surface area contributed by atoms with E-state index in [0.717, 1.165) is 0 Å². The Morgan fingerprint density at radius 2 is 1.85 bits per heavy atom. The lowest BCUT2D eigenvalue weighted by Crippen LogP contribution is -2.05. The molecule has 1 aromatic heterocycles. The van der Waals surface area contributed by atoms with Crippen LogP contribution in [0.1, 0.15) is 35.8 Å². The molecule has 1 heterocycles. The van der Waals surface area contributed by atoms with Crippen molar-refractivity contribution in [2.75, 3.05) is 7.11 Å². The first-order valence-electron chi connectivity index (χ1n) is 6.28. The van der Waals surface area contributed by atoms with Crippen LogP contribution in [0.2, 0.25) is 0 Å². The zero-order chi connectivity index (χ0) is 14.5. The maximum Gasteiger partial charge on any atom is 0.358 e. The second kappa shape index (κ2) is 6.14. The summed E-state index contributed by atoms with van der Waals surface area (Å²) in [7, 11) is 1.29. The lowest BCUT2D eigenvalue weighted by molar-refractivity contribution is 0.0592. The van der Waals surface area contributed by atoms with E-state index in [1.54, 1.807) is 0 Å². The maximum absolute atomic E-state index is 11.4. The molecule has 0 aliphatic heterocycles. The van der Waals surface area contributed by atoms with Crippen molar-refractivity contribution in [2.45, 2.75) is 19.8 Å². The molecule has 0 aliphatic rings. The van der Waals surface area contributed by atoms with Crippen LogP contribution in [0.5, 0.6) is 11.6 Å². The van der Waals surface area contributed by atoms with Gasteiger partial charge in [-0.15, -0.1) is 0 Å². The van der Waals surface area contributed by atoms with Crippen molar-refractivity contribution in [2.24, 2.45) is 0 Å². The van der Waals surface area contributed by atoms with Gasteiger partial charge in [0, 0.05) is 0 Å². The van der Waals surface area contributed by atoms with Gasteiger partial charge < -0.3 is 9.47 Å². The second-order valence-electron chi connectivity index (χ2n) is 4.56. The smallest absolute Gasteiger partial charge is 0.358 e. The van der Waals surface area contributed by atoms with E-state index >= 15 is 0 Å². The van der Waals surface area contributed by atoms with Crippen LogP contribution in [-0.2, 0) is 4.74 Å². The average molecular weight is 272 g/mol. The Morgan fingerprint density at radius 3 is 2.45 bits per heavy atom. The predicted octanol–water partition coefficient (Wildman–Crippen LogP) is 3.18. The first-order valence-corrected chi connectivity index (χ1v) is 6.28. The minimum absolute atomic E-state index is 0.115. The predicted molar refractivity (Wildman–Crippen MR) is 74.0 cm³/mol. The van der Waals surface area contributed by atoms with Crippen molar-refractivity contribution in [3.8, 4) is 11.6 Å². The molecule has 5 nitrogen and oxygen atoms in total. The Labute approximate surface area is 117 Å². The molecule has 0 amide bonds. The zero-order valence-corrected chi connectivity index (χ0v) is 11.7. The molecule has 0 unspecified atom stereocenters. The number of ether oxygens (including phenoxy) is 2. The summed E-state index contributed by atoms with van der Waals surface area (Å²) in [4.78, 5) is 19.3. The Kier molecular flexibility index (Phi) is 4.30. The van der Waals surface area contributed by atoms with Crippen molar-refractivity contribution < 1.29 is 14.3 Å².